The predicted octanol–water partition coefficient (Wildman–Crippen LogP) is 0.283. The molecule has 4 nitrogen and oxygen atoms in total. The van der Waals surface area contributed by atoms with Gasteiger partial charge in [0.05, 0.1) is 6.07 Å². The van der Waals surface area contributed by atoms with Crippen molar-refractivity contribution in [3.8, 4) is 6.07 Å². The van der Waals surface area contributed by atoms with Crippen LogP contribution in [0, 0.1) is 16.5 Å². The lowest BCUT2D eigenvalue weighted by molar-refractivity contribution is -0.605. The minimum Gasteiger partial charge on any atom is -0.619 e. The molecule has 12 heavy (non-hydrogen) atoms. The SMILES string of the molecule is N#C[C@@H]1O[C@H]1c1ccc[n+]([O-])c1. The highest BCUT2D eigenvalue weighted by molar-refractivity contribution is 5.20. The lowest BCUT2D eigenvalue weighted by Gasteiger charge is -1.95. The van der Waals surface area contributed by atoms with Crippen LogP contribution in [0.2, 0.25) is 0 Å². The molecule has 2 atom stereocenters. The minimum atomic E-state index is -0.368. The van der Waals surface area contributed by atoms with E-state index in [9.17, 15) is 5.21 Å². The summed E-state index contributed by atoms with van der Waals surface area (Å²) in [5.41, 5.74) is 0.763. The molecule has 0 aromatic carbocycles. The molecule has 0 bridgehead atoms. The Kier molecular flexibility index (Phi) is 1.45. The van der Waals surface area contributed by atoms with E-state index in [0.717, 1.165) is 5.56 Å². The summed E-state index contributed by atoms with van der Waals surface area (Å²) in [7, 11) is 0. The quantitative estimate of drug-likeness (QED) is 0.338. The van der Waals surface area contributed by atoms with E-state index in [4.69, 9.17) is 10.00 Å². The van der Waals surface area contributed by atoms with E-state index in [1.165, 1.54) is 12.4 Å². The molecule has 1 aromatic rings. The first-order valence-corrected chi connectivity index (χ1v) is 3.55. The molecule has 1 fully saturated rings. The van der Waals surface area contributed by atoms with Crippen LogP contribution in [-0.2, 0) is 4.74 Å². The van der Waals surface area contributed by atoms with Gasteiger partial charge in [0.15, 0.2) is 18.5 Å². The molecule has 1 saturated heterocycles. The number of rotatable bonds is 1. The minimum absolute atomic E-state index is 0.198. The third kappa shape index (κ3) is 1.11. The van der Waals surface area contributed by atoms with Crippen molar-refractivity contribution in [1.82, 2.24) is 0 Å². The number of hydrogen-bond acceptors (Lipinski definition) is 3. The molecule has 1 aliphatic rings. The van der Waals surface area contributed by atoms with Gasteiger partial charge in [-0.3, -0.25) is 0 Å². The van der Waals surface area contributed by atoms with E-state index < -0.39 is 0 Å². The Bertz CT molecular complexity index is 345. The lowest BCUT2D eigenvalue weighted by atomic mass is 10.2. The van der Waals surface area contributed by atoms with Crippen molar-refractivity contribution >= 4 is 0 Å². The molecule has 4 heteroatoms. The van der Waals surface area contributed by atoms with Crippen molar-refractivity contribution < 1.29 is 9.47 Å². The van der Waals surface area contributed by atoms with Crippen molar-refractivity contribution in [2.75, 3.05) is 0 Å². The highest BCUT2D eigenvalue weighted by Gasteiger charge is 2.41. The van der Waals surface area contributed by atoms with Gasteiger partial charge in [-0.15, -0.1) is 0 Å². The first-order valence-electron chi connectivity index (χ1n) is 3.55. The Morgan fingerprint density at radius 3 is 3.08 bits per heavy atom. The number of nitriles is 1. The van der Waals surface area contributed by atoms with Crippen LogP contribution >= 0.6 is 0 Å². The monoisotopic (exact) mass is 162 g/mol. The van der Waals surface area contributed by atoms with Gasteiger partial charge in [0.1, 0.15) is 6.10 Å². The molecule has 0 unspecified atom stereocenters. The summed E-state index contributed by atoms with van der Waals surface area (Å²) >= 11 is 0. The van der Waals surface area contributed by atoms with Gasteiger partial charge < -0.3 is 9.94 Å². The van der Waals surface area contributed by atoms with Crippen LogP contribution in [0.4, 0.5) is 0 Å². The molecule has 0 spiro atoms. The largest absolute Gasteiger partial charge is 0.619 e. The lowest BCUT2D eigenvalue weighted by Crippen LogP contribution is -2.24. The van der Waals surface area contributed by atoms with Crippen LogP contribution in [0.25, 0.3) is 0 Å². The summed E-state index contributed by atoms with van der Waals surface area (Å²) in [6.07, 6.45) is 2.25. The summed E-state index contributed by atoms with van der Waals surface area (Å²) in [4.78, 5) is 0. The van der Waals surface area contributed by atoms with Crippen LogP contribution in [0.15, 0.2) is 24.5 Å². The zero-order valence-corrected chi connectivity index (χ0v) is 6.18. The Balaban J connectivity index is 2.21. The Labute approximate surface area is 69.2 Å². The first-order chi connectivity index (χ1) is 5.81. The molecule has 1 aliphatic heterocycles. The standard InChI is InChI=1S/C8H6N2O2/c9-4-7-8(12-7)6-2-1-3-10(11)5-6/h1-3,5,7-8H/t7-,8-/m0/s1. The van der Waals surface area contributed by atoms with Crippen molar-refractivity contribution in [3.05, 3.63) is 35.3 Å². The maximum atomic E-state index is 10.8. The van der Waals surface area contributed by atoms with Gasteiger partial charge in [-0.2, -0.15) is 9.99 Å². The fourth-order valence-electron chi connectivity index (χ4n) is 1.10. The number of hydrogen-bond donors (Lipinski definition) is 0. The van der Waals surface area contributed by atoms with Crippen LogP contribution in [-0.4, -0.2) is 6.10 Å². The van der Waals surface area contributed by atoms with Crippen LogP contribution in [0.5, 0.6) is 0 Å². The molecule has 1 aromatic heterocycles. The smallest absolute Gasteiger partial charge is 0.186 e. The van der Waals surface area contributed by atoms with E-state index in [2.05, 4.69) is 0 Å². The molecular formula is C8H6N2O2. The van der Waals surface area contributed by atoms with Gasteiger partial charge in [-0.05, 0) is 6.07 Å². The summed E-state index contributed by atoms with van der Waals surface area (Å²) < 4.78 is 5.69. The third-order valence-corrected chi connectivity index (χ3v) is 1.75. The highest BCUT2D eigenvalue weighted by Crippen LogP contribution is 2.37. The van der Waals surface area contributed by atoms with E-state index in [1.807, 2.05) is 6.07 Å². The van der Waals surface area contributed by atoms with Gasteiger partial charge in [0.2, 0.25) is 0 Å². The predicted molar refractivity (Wildman–Crippen MR) is 38.6 cm³/mol. The van der Waals surface area contributed by atoms with Crippen molar-refractivity contribution in [1.29, 1.82) is 5.26 Å². The Hall–Kier alpha value is -1.60. The van der Waals surface area contributed by atoms with Crippen LogP contribution in [0.3, 0.4) is 0 Å². The maximum absolute atomic E-state index is 10.8. The maximum Gasteiger partial charge on any atom is 0.186 e. The molecule has 2 heterocycles. The topological polar surface area (TPSA) is 63.3 Å². The number of ether oxygens (including phenoxy) is 1. The van der Waals surface area contributed by atoms with E-state index in [-0.39, 0.29) is 12.2 Å². The van der Waals surface area contributed by atoms with Crippen molar-refractivity contribution in [2.24, 2.45) is 0 Å². The second-order valence-corrected chi connectivity index (χ2v) is 2.60. The molecule has 0 radical (unpaired) electrons. The van der Waals surface area contributed by atoms with Gasteiger partial charge in [0, 0.05) is 11.6 Å². The Morgan fingerprint density at radius 2 is 2.50 bits per heavy atom. The average Bonchev–Trinajstić information content (AvgIpc) is 2.83. The van der Waals surface area contributed by atoms with E-state index >= 15 is 0 Å². The fraction of sp³-hybridized carbons (Fsp3) is 0.250. The molecule has 60 valence electrons. The van der Waals surface area contributed by atoms with Crippen molar-refractivity contribution in [3.63, 3.8) is 0 Å². The van der Waals surface area contributed by atoms with Crippen molar-refractivity contribution in [2.45, 2.75) is 12.2 Å². The molecule has 2 rings (SSSR count). The number of pyridine rings is 1. The van der Waals surface area contributed by atoms with Crippen LogP contribution < -0.4 is 4.73 Å². The second kappa shape index (κ2) is 2.47. The Morgan fingerprint density at radius 1 is 1.67 bits per heavy atom. The summed E-state index contributed by atoms with van der Waals surface area (Å²) in [5.74, 6) is 0. The van der Waals surface area contributed by atoms with Crippen LogP contribution in [0.1, 0.15) is 11.7 Å². The molecular weight excluding hydrogens is 156 g/mol. The van der Waals surface area contributed by atoms with E-state index in [0.29, 0.717) is 4.73 Å². The zero-order valence-electron chi connectivity index (χ0n) is 6.18. The molecule has 0 aliphatic carbocycles. The number of nitrogens with zero attached hydrogens (tertiary/aromatic N) is 2. The molecule has 0 saturated carbocycles. The van der Waals surface area contributed by atoms with Gasteiger partial charge in [-0.25, -0.2) is 0 Å². The summed E-state index contributed by atoms with van der Waals surface area (Å²) in [6, 6.07) is 5.38. The summed E-state index contributed by atoms with van der Waals surface area (Å²) in [5, 5.41) is 19.2. The average molecular weight is 162 g/mol. The molecule has 0 N–H and O–H groups in total. The fourth-order valence-corrected chi connectivity index (χ4v) is 1.10. The van der Waals surface area contributed by atoms with E-state index in [1.54, 1.807) is 12.1 Å². The number of aromatic nitrogens is 1. The normalized spacial score (nSPS) is 26.2. The molecule has 0 amide bonds. The van der Waals surface area contributed by atoms with Gasteiger partial charge in [0.25, 0.3) is 0 Å². The first kappa shape index (κ1) is 7.07. The second-order valence-electron chi connectivity index (χ2n) is 2.60. The summed E-state index contributed by atoms with van der Waals surface area (Å²) in [6.45, 7) is 0. The number of epoxide rings is 1. The van der Waals surface area contributed by atoms with Gasteiger partial charge >= 0.3 is 0 Å². The zero-order chi connectivity index (χ0) is 8.55. The van der Waals surface area contributed by atoms with Gasteiger partial charge in [-0.1, -0.05) is 0 Å². The third-order valence-electron chi connectivity index (χ3n) is 1.75. The highest BCUT2D eigenvalue weighted by atomic mass is 16.6.